The van der Waals surface area contributed by atoms with Crippen LogP contribution in [0.3, 0.4) is 0 Å². The number of nitrogens with zero attached hydrogens (tertiary/aromatic N) is 3. The zero-order valence-electron chi connectivity index (χ0n) is 16.6. The smallest absolute Gasteiger partial charge is 0.309 e. The lowest BCUT2D eigenvalue weighted by Crippen LogP contribution is -2.40. The molecule has 2 aromatic heterocycles. The van der Waals surface area contributed by atoms with E-state index in [1.165, 1.54) is 0 Å². The van der Waals surface area contributed by atoms with Gasteiger partial charge in [0.1, 0.15) is 0 Å². The first-order valence-electron chi connectivity index (χ1n) is 9.86. The lowest BCUT2D eigenvalue weighted by atomic mass is 9.96. The summed E-state index contributed by atoms with van der Waals surface area (Å²) in [4.78, 5) is 31.7. The van der Waals surface area contributed by atoms with Crippen LogP contribution in [0, 0.1) is 12.8 Å². The van der Waals surface area contributed by atoms with Gasteiger partial charge in [0.2, 0.25) is 0 Å². The van der Waals surface area contributed by atoms with Crippen LogP contribution in [0.25, 0.3) is 22.4 Å². The maximum Gasteiger partial charge on any atom is 0.309 e. The maximum absolute atomic E-state index is 13.4. The molecular weight excluding hydrogens is 370 g/mol. The Morgan fingerprint density at radius 3 is 2.62 bits per heavy atom. The molecule has 29 heavy (non-hydrogen) atoms. The molecule has 0 saturated carbocycles. The summed E-state index contributed by atoms with van der Waals surface area (Å²) >= 11 is 0. The fourth-order valence-electron chi connectivity index (χ4n) is 3.77. The van der Waals surface area contributed by atoms with E-state index in [4.69, 9.17) is 9.26 Å². The zero-order valence-corrected chi connectivity index (χ0v) is 16.6. The highest BCUT2D eigenvalue weighted by molar-refractivity contribution is 6.07. The predicted molar refractivity (Wildman–Crippen MR) is 107 cm³/mol. The number of hydrogen-bond acceptors (Lipinski definition) is 6. The second kappa shape index (κ2) is 8.03. The molecule has 0 unspecified atom stereocenters. The van der Waals surface area contributed by atoms with Crippen LogP contribution in [0.5, 0.6) is 0 Å². The zero-order chi connectivity index (χ0) is 20.4. The van der Waals surface area contributed by atoms with Crippen molar-refractivity contribution >= 4 is 23.0 Å². The number of ether oxygens (including phenoxy) is 1. The van der Waals surface area contributed by atoms with Gasteiger partial charge in [0, 0.05) is 18.7 Å². The molecule has 0 bridgehead atoms. The molecule has 1 amide bonds. The minimum Gasteiger partial charge on any atom is -0.466 e. The monoisotopic (exact) mass is 393 g/mol. The largest absolute Gasteiger partial charge is 0.466 e. The normalized spacial score (nSPS) is 14.9. The van der Waals surface area contributed by atoms with Crippen LogP contribution in [0.1, 0.15) is 35.8 Å². The van der Waals surface area contributed by atoms with E-state index in [-0.39, 0.29) is 17.8 Å². The molecule has 0 N–H and O–H groups in total. The van der Waals surface area contributed by atoms with Crippen LogP contribution in [-0.2, 0) is 9.53 Å². The van der Waals surface area contributed by atoms with Gasteiger partial charge in [0.25, 0.3) is 11.6 Å². The molecule has 1 aliphatic heterocycles. The van der Waals surface area contributed by atoms with Gasteiger partial charge in [-0.1, -0.05) is 35.5 Å². The summed E-state index contributed by atoms with van der Waals surface area (Å²) in [6, 6.07) is 11.5. The van der Waals surface area contributed by atoms with Crippen LogP contribution in [0.4, 0.5) is 0 Å². The molecule has 1 aliphatic rings. The molecule has 7 heteroatoms. The van der Waals surface area contributed by atoms with Gasteiger partial charge in [-0.25, -0.2) is 4.98 Å². The molecular formula is C22H23N3O4. The average Bonchev–Trinajstić information content (AvgIpc) is 3.14. The first kappa shape index (κ1) is 19.1. The molecule has 7 nitrogen and oxygen atoms in total. The standard InChI is InChI=1S/C22H23N3O4/c1-3-28-22(27)16-9-11-25(12-10-16)21(26)17-13-18(15-7-5-4-6-8-15)23-20-19(17)14(2)24-29-20/h4-8,13,16H,3,9-12H2,1-2H3. The molecule has 0 atom stereocenters. The second-order valence-corrected chi connectivity index (χ2v) is 7.19. The highest BCUT2D eigenvalue weighted by Crippen LogP contribution is 2.29. The van der Waals surface area contributed by atoms with Crippen molar-refractivity contribution in [1.29, 1.82) is 0 Å². The Balaban J connectivity index is 1.64. The number of esters is 1. The van der Waals surface area contributed by atoms with E-state index < -0.39 is 0 Å². The highest BCUT2D eigenvalue weighted by Gasteiger charge is 2.30. The Labute approximate surface area is 168 Å². The fraction of sp³-hybridized carbons (Fsp3) is 0.364. The van der Waals surface area contributed by atoms with Crippen molar-refractivity contribution in [3.63, 3.8) is 0 Å². The first-order chi connectivity index (χ1) is 14.1. The van der Waals surface area contributed by atoms with Gasteiger partial charge in [-0.2, -0.15) is 0 Å². The number of aromatic nitrogens is 2. The number of carbonyl (C=O) groups excluding carboxylic acids is 2. The third kappa shape index (κ3) is 3.72. The Morgan fingerprint density at radius 1 is 1.21 bits per heavy atom. The van der Waals surface area contributed by atoms with Crippen LogP contribution in [0.15, 0.2) is 40.9 Å². The second-order valence-electron chi connectivity index (χ2n) is 7.19. The van der Waals surface area contributed by atoms with Crippen molar-refractivity contribution in [1.82, 2.24) is 15.0 Å². The van der Waals surface area contributed by atoms with Crippen LogP contribution >= 0.6 is 0 Å². The third-order valence-corrected chi connectivity index (χ3v) is 5.32. The van der Waals surface area contributed by atoms with Gasteiger partial charge in [0.15, 0.2) is 0 Å². The van der Waals surface area contributed by atoms with Crippen molar-refractivity contribution < 1.29 is 18.8 Å². The molecule has 3 aromatic rings. The summed E-state index contributed by atoms with van der Waals surface area (Å²) < 4.78 is 10.5. The molecule has 4 rings (SSSR count). The predicted octanol–water partition coefficient (Wildman–Crippen LogP) is 3.61. The Hall–Kier alpha value is -3.22. The van der Waals surface area contributed by atoms with Crippen LogP contribution < -0.4 is 0 Å². The lowest BCUT2D eigenvalue weighted by molar-refractivity contribution is -0.149. The highest BCUT2D eigenvalue weighted by atomic mass is 16.5. The van der Waals surface area contributed by atoms with Crippen molar-refractivity contribution in [3.05, 3.63) is 47.7 Å². The molecule has 1 aromatic carbocycles. The van der Waals surface area contributed by atoms with E-state index in [1.807, 2.05) is 36.4 Å². The van der Waals surface area contributed by atoms with Gasteiger partial charge in [-0.3, -0.25) is 9.59 Å². The van der Waals surface area contributed by atoms with Crippen molar-refractivity contribution in [2.45, 2.75) is 26.7 Å². The van der Waals surface area contributed by atoms with Gasteiger partial charge in [0.05, 0.1) is 34.9 Å². The van der Waals surface area contributed by atoms with Gasteiger partial charge in [-0.05, 0) is 32.8 Å². The van der Waals surface area contributed by atoms with E-state index in [9.17, 15) is 9.59 Å². The van der Waals surface area contributed by atoms with E-state index >= 15 is 0 Å². The van der Waals surface area contributed by atoms with Crippen LogP contribution in [-0.4, -0.2) is 46.6 Å². The van der Waals surface area contributed by atoms with E-state index in [2.05, 4.69) is 10.1 Å². The van der Waals surface area contributed by atoms with E-state index in [0.717, 1.165) is 5.56 Å². The van der Waals surface area contributed by atoms with Crippen molar-refractivity contribution in [2.24, 2.45) is 5.92 Å². The average molecular weight is 393 g/mol. The maximum atomic E-state index is 13.4. The van der Waals surface area contributed by atoms with Crippen LogP contribution in [0.2, 0.25) is 0 Å². The summed E-state index contributed by atoms with van der Waals surface area (Å²) in [6.45, 7) is 5.01. The third-order valence-electron chi connectivity index (χ3n) is 5.32. The summed E-state index contributed by atoms with van der Waals surface area (Å²) in [5.74, 6) is -0.413. The Bertz CT molecular complexity index is 1040. The van der Waals surface area contributed by atoms with Gasteiger partial charge >= 0.3 is 5.97 Å². The number of carbonyl (C=O) groups is 2. The number of fused-ring (bicyclic) bond motifs is 1. The molecule has 1 saturated heterocycles. The summed E-state index contributed by atoms with van der Waals surface area (Å²) in [6.07, 6.45) is 1.21. The van der Waals surface area contributed by atoms with Gasteiger partial charge < -0.3 is 14.2 Å². The molecule has 3 heterocycles. The molecule has 0 radical (unpaired) electrons. The Kier molecular flexibility index (Phi) is 5.29. The number of piperidine rings is 1. The minimum atomic E-state index is -0.174. The summed E-state index contributed by atoms with van der Waals surface area (Å²) in [5, 5.41) is 4.65. The number of likely N-dealkylation sites (tertiary alicyclic amines) is 1. The number of amides is 1. The van der Waals surface area contributed by atoms with E-state index in [0.29, 0.717) is 60.6 Å². The van der Waals surface area contributed by atoms with Crippen molar-refractivity contribution in [2.75, 3.05) is 19.7 Å². The number of hydrogen-bond donors (Lipinski definition) is 0. The topological polar surface area (TPSA) is 85.5 Å². The number of aryl methyl sites for hydroxylation is 1. The van der Waals surface area contributed by atoms with E-state index in [1.54, 1.807) is 18.7 Å². The SMILES string of the molecule is CCOC(=O)C1CCN(C(=O)c2cc(-c3ccccc3)nc3onc(C)c23)CC1. The fourth-order valence-corrected chi connectivity index (χ4v) is 3.77. The minimum absolute atomic E-state index is 0.0943. The molecule has 150 valence electrons. The number of rotatable bonds is 4. The molecule has 0 aliphatic carbocycles. The molecule has 1 fully saturated rings. The lowest BCUT2D eigenvalue weighted by Gasteiger charge is -2.31. The van der Waals surface area contributed by atoms with Gasteiger partial charge in [-0.15, -0.1) is 0 Å². The Morgan fingerprint density at radius 2 is 1.93 bits per heavy atom. The summed E-state index contributed by atoms with van der Waals surface area (Å²) in [5.41, 5.74) is 3.09. The first-order valence-corrected chi connectivity index (χ1v) is 9.86. The quantitative estimate of drug-likeness (QED) is 0.630. The summed E-state index contributed by atoms with van der Waals surface area (Å²) in [7, 11) is 0. The number of benzene rings is 1. The van der Waals surface area contributed by atoms with Crippen molar-refractivity contribution in [3.8, 4) is 11.3 Å². The molecule has 0 spiro atoms. The number of pyridine rings is 1.